The maximum atomic E-state index is 5.68. The van der Waals surface area contributed by atoms with Gasteiger partial charge in [-0.05, 0) is 36.8 Å². The minimum absolute atomic E-state index is 0.429. The molecule has 0 fully saturated rings. The molecule has 0 aliphatic heterocycles. The molecule has 0 amide bonds. The molecule has 0 aliphatic carbocycles. The summed E-state index contributed by atoms with van der Waals surface area (Å²) in [5, 5.41) is 11.5. The molecule has 0 bridgehead atoms. The van der Waals surface area contributed by atoms with Gasteiger partial charge in [-0.1, -0.05) is 29.8 Å². The fourth-order valence-corrected chi connectivity index (χ4v) is 1.85. The summed E-state index contributed by atoms with van der Waals surface area (Å²) in [6.07, 6.45) is 0. The van der Waals surface area contributed by atoms with Gasteiger partial charge < -0.3 is 10.1 Å². The average molecular weight is 336 g/mol. The zero-order valence-corrected chi connectivity index (χ0v) is 13.4. The highest BCUT2D eigenvalue weighted by atomic mass is 79.9. The summed E-state index contributed by atoms with van der Waals surface area (Å²) in [6, 6.07) is 10.00. The van der Waals surface area contributed by atoms with Crippen LogP contribution in [0.25, 0.3) is 0 Å². The van der Waals surface area contributed by atoms with Crippen molar-refractivity contribution in [2.45, 2.75) is 33.4 Å². The molecule has 0 unspecified atom stereocenters. The van der Waals surface area contributed by atoms with Gasteiger partial charge in [0.25, 0.3) is 0 Å². The second-order valence-corrected chi connectivity index (χ2v) is 5.77. The van der Waals surface area contributed by atoms with Crippen LogP contribution >= 0.6 is 15.9 Å². The molecule has 106 valence electrons. The van der Waals surface area contributed by atoms with Crippen molar-refractivity contribution in [3.8, 4) is 11.6 Å². The highest BCUT2D eigenvalue weighted by Gasteiger charge is 2.03. The Balaban J connectivity index is 2.01. The fourth-order valence-electron chi connectivity index (χ4n) is 1.61. The van der Waals surface area contributed by atoms with Gasteiger partial charge in [-0.25, -0.2) is 0 Å². The monoisotopic (exact) mass is 335 g/mol. The van der Waals surface area contributed by atoms with Gasteiger partial charge in [0.15, 0.2) is 0 Å². The molecule has 4 nitrogen and oxygen atoms in total. The van der Waals surface area contributed by atoms with Crippen molar-refractivity contribution >= 4 is 15.9 Å². The van der Waals surface area contributed by atoms with Crippen molar-refractivity contribution in [2.75, 3.05) is 0 Å². The molecule has 2 rings (SSSR count). The molecule has 1 N–H and O–H groups in total. The first-order valence-electron chi connectivity index (χ1n) is 6.54. The standard InChI is InChI=1S/C15H18BrN3O/c1-10(2)17-9-12-4-7-15(19-18-12)20-13-5-6-14(16)11(3)8-13/h4-8,10,17H,9H2,1-3H3. The van der Waals surface area contributed by atoms with Crippen LogP contribution < -0.4 is 10.1 Å². The second-order valence-electron chi connectivity index (χ2n) is 4.91. The molecule has 0 saturated heterocycles. The quantitative estimate of drug-likeness (QED) is 0.901. The minimum Gasteiger partial charge on any atom is -0.438 e. The largest absolute Gasteiger partial charge is 0.438 e. The molecule has 5 heteroatoms. The van der Waals surface area contributed by atoms with Gasteiger partial charge in [0.05, 0.1) is 5.69 Å². The van der Waals surface area contributed by atoms with E-state index in [1.165, 1.54) is 0 Å². The van der Waals surface area contributed by atoms with E-state index < -0.39 is 0 Å². The first-order chi connectivity index (χ1) is 9.54. The molecule has 0 radical (unpaired) electrons. The molecule has 2 aromatic rings. The van der Waals surface area contributed by atoms with Crippen molar-refractivity contribution < 1.29 is 4.74 Å². The summed E-state index contributed by atoms with van der Waals surface area (Å²) in [5.74, 6) is 1.26. The Labute approximate surface area is 127 Å². The third kappa shape index (κ3) is 4.28. The third-order valence-electron chi connectivity index (χ3n) is 2.74. The predicted molar refractivity (Wildman–Crippen MR) is 83.0 cm³/mol. The average Bonchev–Trinajstić information content (AvgIpc) is 2.42. The van der Waals surface area contributed by atoms with Gasteiger partial charge in [-0.15, -0.1) is 5.10 Å². The van der Waals surface area contributed by atoms with Gasteiger partial charge >= 0.3 is 0 Å². The summed E-state index contributed by atoms with van der Waals surface area (Å²) < 4.78 is 6.74. The highest BCUT2D eigenvalue weighted by molar-refractivity contribution is 9.10. The van der Waals surface area contributed by atoms with E-state index in [1.807, 2.05) is 37.3 Å². The van der Waals surface area contributed by atoms with E-state index in [1.54, 1.807) is 0 Å². The first-order valence-corrected chi connectivity index (χ1v) is 7.34. The number of aromatic nitrogens is 2. The smallest absolute Gasteiger partial charge is 0.238 e. The molecular formula is C15H18BrN3O. The Morgan fingerprint density at radius 1 is 1.20 bits per heavy atom. The van der Waals surface area contributed by atoms with Crippen LogP contribution in [0.15, 0.2) is 34.8 Å². The van der Waals surface area contributed by atoms with Crippen molar-refractivity contribution in [2.24, 2.45) is 0 Å². The Hall–Kier alpha value is -1.46. The normalized spacial score (nSPS) is 10.8. The number of ether oxygens (including phenoxy) is 1. The van der Waals surface area contributed by atoms with E-state index in [2.05, 4.69) is 45.3 Å². The van der Waals surface area contributed by atoms with Crippen LogP contribution in [0.4, 0.5) is 0 Å². The summed E-state index contributed by atoms with van der Waals surface area (Å²) in [5.41, 5.74) is 2.02. The van der Waals surface area contributed by atoms with Gasteiger partial charge in [-0.3, -0.25) is 0 Å². The minimum atomic E-state index is 0.429. The summed E-state index contributed by atoms with van der Waals surface area (Å²) in [7, 11) is 0. The lowest BCUT2D eigenvalue weighted by Gasteiger charge is -2.08. The van der Waals surface area contributed by atoms with E-state index >= 15 is 0 Å². The van der Waals surface area contributed by atoms with Crippen LogP contribution in [-0.4, -0.2) is 16.2 Å². The van der Waals surface area contributed by atoms with Gasteiger partial charge in [0.1, 0.15) is 5.75 Å². The van der Waals surface area contributed by atoms with E-state index in [0.29, 0.717) is 18.5 Å². The molecular weight excluding hydrogens is 318 g/mol. The number of aryl methyl sites for hydroxylation is 1. The Kier molecular flexibility index (Phi) is 5.09. The Morgan fingerprint density at radius 2 is 2.00 bits per heavy atom. The first kappa shape index (κ1) is 14.9. The topological polar surface area (TPSA) is 47.0 Å². The summed E-state index contributed by atoms with van der Waals surface area (Å²) >= 11 is 3.46. The van der Waals surface area contributed by atoms with Crippen LogP contribution in [0.5, 0.6) is 11.6 Å². The highest BCUT2D eigenvalue weighted by Crippen LogP contribution is 2.24. The lowest BCUT2D eigenvalue weighted by Crippen LogP contribution is -2.22. The zero-order chi connectivity index (χ0) is 14.5. The van der Waals surface area contributed by atoms with Crippen molar-refractivity contribution in [3.05, 3.63) is 46.1 Å². The van der Waals surface area contributed by atoms with E-state index in [0.717, 1.165) is 21.5 Å². The van der Waals surface area contributed by atoms with Crippen molar-refractivity contribution in [1.29, 1.82) is 0 Å². The van der Waals surface area contributed by atoms with Gasteiger partial charge in [-0.2, -0.15) is 5.10 Å². The molecule has 1 aromatic heterocycles. The number of hydrogen-bond acceptors (Lipinski definition) is 4. The Morgan fingerprint density at radius 3 is 2.60 bits per heavy atom. The lowest BCUT2D eigenvalue weighted by molar-refractivity contribution is 0.452. The van der Waals surface area contributed by atoms with Crippen LogP contribution in [0.1, 0.15) is 25.1 Å². The van der Waals surface area contributed by atoms with E-state index in [9.17, 15) is 0 Å². The maximum absolute atomic E-state index is 5.68. The SMILES string of the molecule is Cc1cc(Oc2ccc(CNC(C)C)nn2)ccc1Br. The molecule has 0 saturated carbocycles. The Bertz CT molecular complexity index is 570. The number of benzene rings is 1. The molecule has 0 aliphatic rings. The molecule has 1 aromatic carbocycles. The molecule has 0 spiro atoms. The number of halogens is 1. The van der Waals surface area contributed by atoms with Gasteiger partial charge in [0.2, 0.25) is 5.88 Å². The predicted octanol–water partition coefficient (Wildman–Crippen LogP) is 3.84. The number of nitrogens with zero attached hydrogens (tertiary/aromatic N) is 2. The third-order valence-corrected chi connectivity index (χ3v) is 3.63. The van der Waals surface area contributed by atoms with Crippen LogP contribution in [0.2, 0.25) is 0 Å². The van der Waals surface area contributed by atoms with E-state index in [-0.39, 0.29) is 0 Å². The van der Waals surface area contributed by atoms with Gasteiger partial charge in [0, 0.05) is 23.1 Å². The fraction of sp³-hybridized carbons (Fsp3) is 0.333. The summed E-state index contributed by atoms with van der Waals surface area (Å²) in [4.78, 5) is 0. The number of rotatable bonds is 5. The van der Waals surface area contributed by atoms with Crippen molar-refractivity contribution in [1.82, 2.24) is 15.5 Å². The zero-order valence-electron chi connectivity index (χ0n) is 11.9. The lowest BCUT2D eigenvalue weighted by atomic mass is 10.2. The molecule has 0 atom stereocenters. The molecule has 20 heavy (non-hydrogen) atoms. The van der Waals surface area contributed by atoms with Crippen LogP contribution in [-0.2, 0) is 6.54 Å². The second kappa shape index (κ2) is 6.81. The maximum Gasteiger partial charge on any atom is 0.238 e. The van der Waals surface area contributed by atoms with Crippen LogP contribution in [0.3, 0.4) is 0 Å². The molecule has 1 heterocycles. The number of hydrogen-bond donors (Lipinski definition) is 1. The van der Waals surface area contributed by atoms with Crippen molar-refractivity contribution in [3.63, 3.8) is 0 Å². The van der Waals surface area contributed by atoms with E-state index in [4.69, 9.17) is 4.74 Å². The number of nitrogens with one attached hydrogen (secondary N) is 1. The summed E-state index contributed by atoms with van der Waals surface area (Å²) in [6.45, 7) is 6.92. The van der Waals surface area contributed by atoms with Crippen LogP contribution in [0, 0.1) is 6.92 Å².